The van der Waals surface area contributed by atoms with Gasteiger partial charge in [-0.15, -0.1) is 0 Å². The van der Waals surface area contributed by atoms with E-state index in [4.69, 9.17) is 4.42 Å². The number of amidine groups is 1. The molecule has 0 spiro atoms. The standard InChI is InChI=1S/C17H14N2O2S/c1-12-5-2-6-13(11-12)18-17-19-16(20)15(22-17)9-3-7-14-8-4-10-21-14/h2-11H,1H3,(H,18,19,20)/b7-3+,15-9-. The van der Waals surface area contributed by atoms with Crippen molar-refractivity contribution < 1.29 is 9.21 Å². The lowest BCUT2D eigenvalue weighted by molar-refractivity contribution is -0.115. The molecule has 4 nitrogen and oxygen atoms in total. The molecule has 1 amide bonds. The average Bonchev–Trinajstić information content (AvgIpc) is 3.10. The summed E-state index contributed by atoms with van der Waals surface area (Å²) in [7, 11) is 0. The van der Waals surface area contributed by atoms with Crippen LogP contribution in [0, 0.1) is 6.92 Å². The quantitative estimate of drug-likeness (QED) is 0.871. The molecule has 110 valence electrons. The van der Waals surface area contributed by atoms with E-state index in [0.29, 0.717) is 10.1 Å². The van der Waals surface area contributed by atoms with Crippen LogP contribution in [0.5, 0.6) is 0 Å². The van der Waals surface area contributed by atoms with E-state index in [1.54, 1.807) is 24.5 Å². The Balaban J connectivity index is 1.73. The molecule has 2 aromatic rings. The normalized spacial score (nSPS) is 18.5. The van der Waals surface area contributed by atoms with E-state index in [1.807, 2.05) is 43.3 Å². The molecule has 1 aliphatic heterocycles. The van der Waals surface area contributed by atoms with E-state index in [0.717, 1.165) is 17.0 Å². The topological polar surface area (TPSA) is 54.6 Å². The highest BCUT2D eigenvalue weighted by atomic mass is 32.2. The van der Waals surface area contributed by atoms with Gasteiger partial charge in [0.25, 0.3) is 5.91 Å². The summed E-state index contributed by atoms with van der Waals surface area (Å²) in [6.07, 6.45) is 6.95. The number of aryl methyl sites for hydroxylation is 1. The van der Waals surface area contributed by atoms with Gasteiger partial charge in [-0.3, -0.25) is 4.79 Å². The fourth-order valence-corrected chi connectivity index (χ4v) is 2.72. The second kappa shape index (κ2) is 6.49. The zero-order chi connectivity index (χ0) is 15.4. The highest BCUT2D eigenvalue weighted by molar-refractivity contribution is 8.18. The lowest BCUT2D eigenvalue weighted by atomic mass is 10.2. The second-order valence-corrected chi connectivity index (χ2v) is 5.75. The number of rotatable bonds is 3. The van der Waals surface area contributed by atoms with Crippen molar-refractivity contribution in [2.45, 2.75) is 6.92 Å². The third-order valence-electron chi connectivity index (χ3n) is 2.93. The summed E-state index contributed by atoms with van der Waals surface area (Å²) in [4.78, 5) is 16.9. The van der Waals surface area contributed by atoms with Crippen LogP contribution in [0.3, 0.4) is 0 Å². The number of aliphatic imine (C=N–C) groups is 1. The van der Waals surface area contributed by atoms with Gasteiger partial charge in [-0.1, -0.05) is 18.2 Å². The maximum Gasteiger partial charge on any atom is 0.264 e. The summed E-state index contributed by atoms with van der Waals surface area (Å²) in [6, 6.07) is 11.5. The summed E-state index contributed by atoms with van der Waals surface area (Å²) < 4.78 is 5.19. The van der Waals surface area contributed by atoms with Gasteiger partial charge in [-0.25, -0.2) is 4.99 Å². The van der Waals surface area contributed by atoms with Gasteiger partial charge in [0.05, 0.1) is 16.9 Å². The Bertz CT molecular complexity index is 774. The van der Waals surface area contributed by atoms with Gasteiger partial charge in [0.15, 0.2) is 5.17 Å². The molecule has 1 fully saturated rings. The van der Waals surface area contributed by atoms with Crippen molar-refractivity contribution in [3.8, 4) is 0 Å². The highest BCUT2D eigenvalue weighted by Crippen LogP contribution is 2.26. The molecule has 3 rings (SSSR count). The molecule has 0 bridgehead atoms. The average molecular weight is 310 g/mol. The van der Waals surface area contributed by atoms with Gasteiger partial charge < -0.3 is 9.73 Å². The fourth-order valence-electron chi connectivity index (χ4n) is 1.93. The van der Waals surface area contributed by atoms with Crippen molar-refractivity contribution >= 4 is 34.6 Å². The molecule has 0 radical (unpaired) electrons. The maximum atomic E-state index is 11.9. The summed E-state index contributed by atoms with van der Waals surface area (Å²) in [5, 5.41) is 3.35. The Labute approximate surface area is 132 Å². The van der Waals surface area contributed by atoms with Crippen LogP contribution in [0.2, 0.25) is 0 Å². The number of nitrogens with zero attached hydrogens (tertiary/aromatic N) is 1. The molecule has 1 aromatic heterocycles. The van der Waals surface area contributed by atoms with Crippen LogP contribution in [-0.4, -0.2) is 11.1 Å². The SMILES string of the molecule is Cc1cccc(N=C2NC(=O)/C(=C/C=C/c3ccco3)S2)c1. The number of carbonyl (C=O) groups is 1. The van der Waals surface area contributed by atoms with Gasteiger partial charge in [0.2, 0.25) is 0 Å². The number of allylic oxidation sites excluding steroid dienone is 2. The van der Waals surface area contributed by atoms with Gasteiger partial charge in [-0.2, -0.15) is 0 Å². The van der Waals surface area contributed by atoms with E-state index in [9.17, 15) is 4.79 Å². The van der Waals surface area contributed by atoms with Crippen LogP contribution in [0.15, 0.2) is 69.1 Å². The van der Waals surface area contributed by atoms with Crippen LogP contribution in [0.25, 0.3) is 6.08 Å². The first-order valence-corrected chi connectivity index (χ1v) is 7.59. The number of furan rings is 1. The lowest BCUT2D eigenvalue weighted by Gasteiger charge is -1.97. The van der Waals surface area contributed by atoms with E-state index in [-0.39, 0.29) is 5.91 Å². The molecule has 0 saturated carbocycles. The van der Waals surface area contributed by atoms with Crippen LogP contribution in [0.1, 0.15) is 11.3 Å². The van der Waals surface area contributed by atoms with E-state index in [1.165, 1.54) is 11.8 Å². The van der Waals surface area contributed by atoms with Gasteiger partial charge in [-0.05, 0) is 60.7 Å². The molecule has 0 atom stereocenters. The Kier molecular flexibility index (Phi) is 4.25. The molecular weight excluding hydrogens is 296 g/mol. The zero-order valence-corrected chi connectivity index (χ0v) is 12.8. The van der Waals surface area contributed by atoms with Gasteiger partial charge in [0, 0.05) is 0 Å². The molecular formula is C17H14N2O2S. The fraction of sp³-hybridized carbons (Fsp3) is 0.0588. The molecule has 0 unspecified atom stereocenters. The van der Waals surface area contributed by atoms with Crippen LogP contribution < -0.4 is 5.32 Å². The minimum absolute atomic E-state index is 0.138. The second-order valence-electron chi connectivity index (χ2n) is 4.72. The Hall–Kier alpha value is -2.53. The minimum atomic E-state index is -0.138. The molecule has 1 aromatic carbocycles. The van der Waals surface area contributed by atoms with Crippen LogP contribution >= 0.6 is 11.8 Å². The largest absolute Gasteiger partial charge is 0.465 e. The Morgan fingerprint density at radius 3 is 2.95 bits per heavy atom. The van der Waals surface area contributed by atoms with Crippen molar-refractivity contribution in [3.63, 3.8) is 0 Å². The predicted octanol–water partition coefficient (Wildman–Crippen LogP) is 4.04. The molecule has 1 saturated heterocycles. The third-order valence-corrected chi connectivity index (χ3v) is 3.86. The molecule has 5 heteroatoms. The van der Waals surface area contributed by atoms with Gasteiger partial charge >= 0.3 is 0 Å². The number of benzene rings is 1. The molecule has 22 heavy (non-hydrogen) atoms. The van der Waals surface area contributed by atoms with Gasteiger partial charge in [0.1, 0.15) is 5.76 Å². The number of hydrogen-bond donors (Lipinski definition) is 1. The van der Waals surface area contributed by atoms with Crippen molar-refractivity contribution in [3.05, 3.63) is 71.0 Å². The van der Waals surface area contributed by atoms with E-state index in [2.05, 4.69) is 10.3 Å². The summed E-state index contributed by atoms with van der Waals surface area (Å²) in [5.74, 6) is 0.606. The van der Waals surface area contributed by atoms with Crippen molar-refractivity contribution in [2.24, 2.45) is 4.99 Å². The highest BCUT2D eigenvalue weighted by Gasteiger charge is 2.23. The van der Waals surface area contributed by atoms with Crippen molar-refractivity contribution in [2.75, 3.05) is 0 Å². The molecule has 2 heterocycles. The van der Waals surface area contributed by atoms with Crippen molar-refractivity contribution in [1.29, 1.82) is 0 Å². The first-order valence-electron chi connectivity index (χ1n) is 6.77. The van der Waals surface area contributed by atoms with Crippen LogP contribution in [0.4, 0.5) is 5.69 Å². The number of carbonyl (C=O) groups excluding carboxylic acids is 1. The minimum Gasteiger partial charge on any atom is -0.465 e. The number of thioether (sulfide) groups is 1. The number of hydrogen-bond acceptors (Lipinski definition) is 4. The summed E-state index contributed by atoms with van der Waals surface area (Å²) in [5.41, 5.74) is 1.96. The smallest absolute Gasteiger partial charge is 0.264 e. The number of nitrogens with one attached hydrogen (secondary N) is 1. The first-order chi connectivity index (χ1) is 10.7. The first kappa shape index (κ1) is 14.4. The van der Waals surface area contributed by atoms with E-state index < -0.39 is 0 Å². The Morgan fingerprint density at radius 1 is 1.27 bits per heavy atom. The van der Waals surface area contributed by atoms with Crippen molar-refractivity contribution in [1.82, 2.24) is 5.32 Å². The predicted molar refractivity (Wildman–Crippen MR) is 89.8 cm³/mol. The number of amides is 1. The molecule has 1 N–H and O–H groups in total. The maximum absolute atomic E-state index is 11.9. The summed E-state index contributed by atoms with van der Waals surface area (Å²) in [6.45, 7) is 2.01. The monoisotopic (exact) mass is 310 g/mol. The zero-order valence-electron chi connectivity index (χ0n) is 11.9. The third kappa shape index (κ3) is 3.56. The Morgan fingerprint density at radius 2 is 2.18 bits per heavy atom. The van der Waals surface area contributed by atoms with Crippen LogP contribution in [-0.2, 0) is 4.79 Å². The molecule has 1 aliphatic rings. The van der Waals surface area contributed by atoms with E-state index >= 15 is 0 Å². The summed E-state index contributed by atoms with van der Waals surface area (Å²) >= 11 is 1.33. The molecule has 0 aliphatic carbocycles. The lowest BCUT2D eigenvalue weighted by Crippen LogP contribution is -2.19.